The summed E-state index contributed by atoms with van der Waals surface area (Å²) in [6.45, 7) is 3.54. The van der Waals surface area contributed by atoms with Crippen LogP contribution in [-0.4, -0.2) is 87.3 Å². The van der Waals surface area contributed by atoms with E-state index in [0.29, 0.717) is 13.1 Å². The summed E-state index contributed by atoms with van der Waals surface area (Å²) in [4.78, 5) is 65.9. The minimum absolute atomic E-state index is 0.0352. The van der Waals surface area contributed by atoms with E-state index in [2.05, 4.69) is 16.4 Å². The maximum absolute atomic E-state index is 11.7. The van der Waals surface area contributed by atoms with Crippen molar-refractivity contribution >= 4 is 36.3 Å². The number of hydrogen-bond donors (Lipinski definition) is 3. The number of nitrogens with two attached hydrogens (primary N) is 1. The highest BCUT2D eigenvalue weighted by Gasteiger charge is 2.23. The fourth-order valence-corrected chi connectivity index (χ4v) is 2.54. The van der Waals surface area contributed by atoms with Crippen molar-refractivity contribution < 1.29 is 38.2 Å². The summed E-state index contributed by atoms with van der Waals surface area (Å²) in [5.41, 5.74) is 4.04. The number of amides is 5. The van der Waals surface area contributed by atoms with Crippen LogP contribution in [0.1, 0.15) is 32.6 Å². The molecule has 4 N–H and O–H groups in total. The van der Waals surface area contributed by atoms with E-state index >= 15 is 0 Å². The van der Waals surface area contributed by atoms with Crippen LogP contribution in [0, 0.1) is 5.92 Å². The smallest absolute Gasteiger partial charge is 0.253 e. The Hall–Kier alpha value is -3.12. The van der Waals surface area contributed by atoms with Gasteiger partial charge in [0.2, 0.25) is 11.8 Å². The zero-order valence-electron chi connectivity index (χ0n) is 18.9. The maximum atomic E-state index is 11.7. The van der Waals surface area contributed by atoms with Gasteiger partial charge in [0.1, 0.15) is 12.9 Å². The lowest BCUT2D eigenvalue weighted by atomic mass is 10.1. The number of carbonyl (C=O) groups is 5. The molecule has 1 atom stereocenters. The fourth-order valence-electron chi connectivity index (χ4n) is 2.54. The predicted octanol–water partition coefficient (Wildman–Crippen LogP) is -1.42. The molecule has 0 bridgehead atoms. The van der Waals surface area contributed by atoms with Gasteiger partial charge in [-0.25, -0.2) is 0 Å². The van der Waals surface area contributed by atoms with Gasteiger partial charge in [0.05, 0.1) is 19.8 Å². The average Bonchev–Trinajstić information content (AvgIpc) is 3.11. The lowest BCUT2D eigenvalue weighted by molar-refractivity contribution is -0.137. The molecule has 1 rings (SSSR count). The summed E-state index contributed by atoms with van der Waals surface area (Å²) in [5, 5.41) is 5.38. The number of hydrogen-bond acceptors (Lipinski definition) is 8. The first-order valence-electron chi connectivity index (χ1n) is 10.6. The van der Waals surface area contributed by atoms with Gasteiger partial charge in [-0.2, -0.15) is 6.41 Å². The second-order valence-electron chi connectivity index (χ2n) is 7.00. The van der Waals surface area contributed by atoms with Crippen molar-refractivity contribution in [2.75, 3.05) is 46.1 Å². The molecule has 1 heterocycles. The molecule has 33 heavy (non-hydrogen) atoms. The molecule has 0 saturated carbocycles. The summed E-state index contributed by atoms with van der Waals surface area (Å²) < 4.78 is 10.5. The van der Waals surface area contributed by atoms with Crippen LogP contribution < -0.4 is 16.4 Å². The number of nitrogens with zero attached hydrogens (tertiary/aromatic N) is 1. The zero-order valence-corrected chi connectivity index (χ0v) is 18.9. The van der Waals surface area contributed by atoms with Gasteiger partial charge in [0, 0.05) is 44.1 Å². The lowest BCUT2D eigenvalue weighted by Gasteiger charge is -2.13. The predicted molar refractivity (Wildman–Crippen MR) is 117 cm³/mol. The lowest BCUT2D eigenvalue weighted by Crippen LogP contribution is -2.35. The molecule has 12 heteroatoms. The molecule has 5 amide bonds. The van der Waals surface area contributed by atoms with E-state index in [1.165, 1.54) is 12.2 Å². The Bertz CT molecular complexity index is 651. The molecular weight excluding hydrogens is 436 g/mol. The third kappa shape index (κ3) is 16.2. The van der Waals surface area contributed by atoms with E-state index in [9.17, 15) is 24.0 Å². The molecule has 0 radical (unpaired) electrons. The van der Waals surface area contributed by atoms with E-state index in [-0.39, 0.29) is 57.1 Å². The Morgan fingerprint density at radius 2 is 1.67 bits per heavy atom. The van der Waals surface area contributed by atoms with Crippen LogP contribution >= 0.6 is 0 Å². The number of primary amides is 1. The summed E-state index contributed by atoms with van der Waals surface area (Å²) >= 11 is 0. The van der Waals surface area contributed by atoms with Crippen molar-refractivity contribution in [1.29, 1.82) is 0 Å². The molecule has 0 spiro atoms. The second-order valence-corrected chi connectivity index (χ2v) is 7.00. The molecular formula is C21H33N4O8-. The van der Waals surface area contributed by atoms with Gasteiger partial charge < -0.3 is 35.4 Å². The van der Waals surface area contributed by atoms with E-state index in [0.717, 1.165) is 36.9 Å². The van der Waals surface area contributed by atoms with Crippen molar-refractivity contribution in [2.24, 2.45) is 11.7 Å². The molecule has 1 unspecified atom stereocenters. The number of nitrogens with one attached hydrogen (secondary N) is 2. The molecule has 0 aromatic heterocycles. The fraction of sp³-hybridized carbons (Fsp3) is 0.619. The van der Waals surface area contributed by atoms with E-state index in [4.69, 9.17) is 14.3 Å². The molecule has 0 aliphatic carbocycles. The van der Waals surface area contributed by atoms with Crippen LogP contribution in [0.25, 0.3) is 0 Å². The highest BCUT2D eigenvalue weighted by atomic mass is 16.5. The highest BCUT2D eigenvalue weighted by Crippen LogP contribution is 2.04. The molecule has 0 saturated heterocycles. The number of aldehydes is 1. The Balaban J connectivity index is 0.00000322. The van der Waals surface area contributed by atoms with Crippen LogP contribution in [0.2, 0.25) is 0 Å². The first-order valence-corrected chi connectivity index (χ1v) is 10.6. The Morgan fingerprint density at radius 1 is 1.06 bits per heavy atom. The first kappa shape index (κ1) is 29.9. The zero-order chi connectivity index (χ0) is 24.9. The van der Waals surface area contributed by atoms with Crippen molar-refractivity contribution in [3.05, 3.63) is 12.2 Å². The van der Waals surface area contributed by atoms with Crippen LogP contribution in [0.15, 0.2) is 12.2 Å². The summed E-state index contributed by atoms with van der Waals surface area (Å²) in [5.74, 6) is -1.24. The van der Waals surface area contributed by atoms with Crippen LogP contribution in [0.3, 0.4) is 0 Å². The monoisotopic (exact) mass is 469 g/mol. The minimum Gasteiger partial charge on any atom is -0.543 e. The van der Waals surface area contributed by atoms with Gasteiger partial charge >= 0.3 is 0 Å². The van der Waals surface area contributed by atoms with E-state index < -0.39 is 11.8 Å². The number of imide groups is 1. The third-order valence-corrected chi connectivity index (χ3v) is 4.28. The third-order valence-electron chi connectivity index (χ3n) is 4.28. The second kappa shape index (κ2) is 19.6. The van der Waals surface area contributed by atoms with Gasteiger partial charge in [-0.3, -0.25) is 24.1 Å². The summed E-state index contributed by atoms with van der Waals surface area (Å²) in [6.07, 6.45) is 6.85. The topological polar surface area (TPSA) is 174 Å². The minimum atomic E-state index is -0.408. The van der Waals surface area contributed by atoms with Crippen LogP contribution in [0.4, 0.5) is 0 Å². The van der Waals surface area contributed by atoms with Gasteiger partial charge in [-0.1, -0.05) is 13.3 Å². The standard InChI is InChI=1S/C20H31N3O7.CH2NO/c1-16(14-24)4-2-3-8-21-18(26)15-30-13-12-29-11-9-22-17(25)7-10-23-19(27)5-6-20(23)28;2-1-3/h5-6,14,16H,2-4,7-13,15H2,1H3,(H,21,26)(H,22,25);(H2,2,3)/q;-1. The molecule has 0 aromatic carbocycles. The molecule has 12 nitrogen and oxygen atoms in total. The van der Waals surface area contributed by atoms with Crippen molar-refractivity contribution in [2.45, 2.75) is 32.6 Å². The number of unbranched alkanes of at least 4 members (excludes halogenated alkanes) is 1. The largest absolute Gasteiger partial charge is 0.543 e. The SMILES string of the molecule is CC(C=O)CCCCNC(=O)COCCOCCNC(=O)CCN1C(=O)C=CC1=O.N[C-]=O. The number of rotatable bonds is 17. The normalized spacial score (nSPS) is 13.2. The number of carbonyl (C=O) groups excluding carboxylic acids is 6. The summed E-state index contributed by atoms with van der Waals surface area (Å²) in [6, 6.07) is 0. The van der Waals surface area contributed by atoms with Crippen molar-refractivity contribution in [3.8, 4) is 0 Å². The quantitative estimate of drug-likeness (QED) is 0.0765. The Labute approximate surface area is 193 Å². The Morgan fingerprint density at radius 3 is 2.30 bits per heavy atom. The molecule has 1 aliphatic heterocycles. The first-order chi connectivity index (χ1) is 15.8. The van der Waals surface area contributed by atoms with Crippen molar-refractivity contribution in [3.63, 3.8) is 0 Å². The molecule has 1 aliphatic rings. The highest BCUT2D eigenvalue weighted by molar-refractivity contribution is 6.13. The van der Waals surface area contributed by atoms with E-state index in [1.54, 1.807) is 0 Å². The van der Waals surface area contributed by atoms with Crippen LogP contribution in [-0.2, 0) is 38.2 Å². The van der Waals surface area contributed by atoms with Gasteiger partial charge in [-0.05, 0) is 12.8 Å². The molecule has 186 valence electrons. The van der Waals surface area contributed by atoms with Gasteiger partial charge in [-0.15, -0.1) is 0 Å². The average molecular weight is 470 g/mol. The summed E-state index contributed by atoms with van der Waals surface area (Å²) in [7, 11) is 0. The number of ether oxygens (including phenoxy) is 2. The van der Waals surface area contributed by atoms with E-state index in [1.807, 2.05) is 6.92 Å². The Kier molecular flexibility index (Phi) is 17.7. The maximum Gasteiger partial charge on any atom is 0.253 e. The van der Waals surface area contributed by atoms with Crippen LogP contribution in [0.5, 0.6) is 0 Å². The van der Waals surface area contributed by atoms with Gasteiger partial charge in [0.25, 0.3) is 11.8 Å². The molecule has 0 aromatic rings. The van der Waals surface area contributed by atoms with Crippen molar-refractivity contribution in [1.82, 2.24) is 15.5 Å². The molecule has 0 fully saturated rings. The van der Waals surface area contributed by atoms with Gasteiger partial charge in [0.15, 0.2) is 0 Å².